The Kier molecular flexibility index (Phi) is 6.00. The van der Waals surface area contributed by atoms with Gasteiger partial charge in [0.15, 0.2) is 9.84 Å². The van der Waals surface area contributed by atoms with Gasteiger partial charge in [-0.15, -0.1) is 0 Å². The summed E-state index contributed by atoms with van der Waals surface area (Å²) in [6.45, 7) is 2.00. The van der Waals surface area contributed by atoms with Gasteiger partial charge < -0.3 is 15.6 Å². The van der Waals surface area contributed by atoms with Gasteiger partial charge in [0, 0.05) is 26.1 Å². The van der Waals surface area contributed by atoms with Gasteiger partial charge in [-0.25, -0.2) is 8.42 Å². The monoisotopic (exact) mass is 280 g/mol. The van der Waals surface area contributed by atoms with Crippen LogP contribution in [-0.4, -0.2) is 74.8 Å². The van der Waals surface area contributed by atoms with Gasteiger partial charge in [0.2, 0.25) is 5.91 Å². The second-order valence-electron chi connectivity index (χ2n) is 4.34. The van der Waals surface area contributed by atoms with E-state index in [1.165, 1.54) is 0 Å². The van der Waals surface area contributed by atoms with Crippen LogP contribution >= 0.6 is 0 Å². The number of carbonyl (C=O) groups is 1. The summed E-state index contributed by atoms with van der Waals surface area (Å²) in [4.78, 5) is 12.5. The highest BCUT2D eigenvalue weighted by Gasteiger charge is 2.21. The molecule has 1 rings (SSSR count). The molecule has 0 bridgehead atoms. The minimum Gasteiger partial charge on any atom is -0.394 e. The number of rotatable bonds is 7. The lowest BCUT2D eigenvalue weighted by Crippen LogP contribution is -2.45. The molecule has 1 amide bonds. The van der Waals surface area contributed by atoms with Crippen LogP contribution in [0.4, 0.5) is 0 Å². The van der Waals surface area contributed by atoms with E-state index in [-0.39, 0.29) is 30.6 Å². The van der Waals surface area contributed by atoms with Crippen molar-refractivity contribution < 1.29 is 23.1 Å². The number of morpholine rings is 1. The second kappa shape index (κ2) is 7.03. The molecule has 1 atom stereocenters. The van der Waals surface area contributed by atoms with E-state index in [0.717, 1.165) is 0 Å². The summed E-state index contributed by atoms with van der Waals surface area (Å²) in [5.41, 5.74) is 4.92. The van der Waals surface area contributed by atoms with E-state index in [4.69, 9.17) is 15.6 Å². The Hall–Kier alpha value is -0.700. The highest BCUT2D eigenvalue weighted by molar-refractivity contribution is 7.91. The van der Waals surface area contributed by atoms with Crippen LogP contribution in [0, 0.1) is 0 Å². The standard InChI is InChI=1S/C10H20N2O5S/c11-10(14)1-5-18(15,16)6-3-12-2-4-17-9(7-12)8-13/h9,13H,1-8H2,(H2,11,14). The Labute approximate surface area is 107 Å². The van der Waals surface area contributed by atoms with Gasteiger partial charge in [-0.1, -0.05) is 0 Å². The lowest BCUT2D eigenvalue weighted by Gasteiger charge is -2.31. The van der Waals surface area contributed by atoms with E-state index < -0.39 is 15.7 Å². The second-order valence-corrected chi connectivity index (χ2v) is 6.65. The number of aliphatic hydroxyl groups is 1. The van der Waals surface area contributed by atoms with Crippen molar-refractivity contribution >= 4 is 15.7 Å². The SMILES string of the molecule is NC(=O)CCS(=O)(=O)CCN1CCOC(CO)C1. The third-order valence-electron chi connectivity index (χ3n) is 2.80. The summed E-state index contributed by atoms with van der Waals surface area (Å²) in [5, 5.41) is 8.96. The first kappa shape index (κ1) is 15.4. The van der Waals surface area contributed by atoms with Gasteiger partial charge in [-0.2, -0.15) is 0 Å². The van der Waals surface area contributed by atoms with E-state index >= 15 is 0 Å². The summed E-state index contributed by atoms with van der Waals surface area (Å²) < 4.78 is 28.5. The van der Waals surface area contributed by atoms with E-state index in [2.05, 4.69) is 0 Å². The number of sulfone groups is 1. The molecule has 0 aromatic carbocycles. The van der Waals surface area contributed by atoms with E-state index in [1.807, 2.05) is 4.90 Å². The van der Waals surface area contributed by atoms with Crippen LogP contribution in [0.5, 0.6) is 0 Å². The zero-order valence-electron chi connectivity index (χ0n) is 10.2. The summed E-state index contributed by atoms with van der Waals surface area (Å²) in [5.74, 6) is -0.806. The Balaban J connectivity index is 2.32. The molecule has 3 N–H and O–H groups in total. The number of hydrogen-bond donors (Lipinski definition) is 2. The van der Waals surface area contributed by atoms with Crippen molar-refractivity contribution in [3.8, 4) is 0 Å². The molecule has 106 valence electrons. The topological polar surface area (TPSA) is 110 Å². The fourth-order valence-electron chi connectivity index (χ4n) is 1.72. The number of ether oxygens (including phenoxy) is 1. The lowest BCUT2D eigenvalue weighted by molar-refractivity contribution is -0.117. The van der Waals surface area contributed by atoms with Crippen LogP contribution in [0.1, 0.15) is 6.42 Å². The number of carbonyl (C=O) groups excluding carboxylic acids is 1. The first-order valence-corrected chi connectivity index (χ1v) is 7.68. The number of amides is 1. The van der Waals surface area contributed by atoms with Crippen molar-refractivity contribution in [3.63, 3.8) is 0 Å². The van der Waals surface area contributed by atoms with Crippen LogP contribution in [0.25, 0.3) is 0 Å². The summed E-state index contributed by atoms with van der Waals surface area (Å²) >= 11 is 0. The molecule has 1 aliphatic heterocycles. The van der Waals surface area contributed by atoms with Crippen molar-refractivity contribution in [2.24, 2.45) is 5.73 Å². The van der Waals surface area contributed by atoms with Gasteiger partial charge >= 0.3 is 0 Å². The molecular formula is C10H20N2O5S. The van der Waals surface area contributed by atoms with Crippen molar-refractivity contribution in [2.75, 3.05) is 44.4 Å². The Morgan fingerprint density at radius 1 is 1.44 bits per heavy atom. The van der Waals surface area contributed by atoms with Gasteiger partial charge in [0.25, 0.3) is 0 Å². The molecular weight excluding hydrogens is 260 g/mol. The number of hydrogen-bond acceptors (Lipinski definition) is 6. The minimum absolute atomic E-state index is 0.00156. The molecule has 1 aliphatic rings. The van der Waals surface area contributed by atoms with Gasteiger partial charge in [0.05, 0.1) is 30.8 Å². The molecule has 1 saturated heterocycles. The maximum Gasteiger partial charge on any atom is 0.218 e. The summed E-state index contributed by atoms with van der Waals surface area (Å²) in [7, 11) is -3.25. The molecule has 0 aromatic rings. The number of aliphatic hydroxyl groups excluding tert-OH is 1. The predicted octanol–water partition coefficient (Wildman–Crippen LogP) is -2.03. The molecule has 0 aromatic heterocycles. The van der Waals surface area contributed by atoms with Crippen LogP contribution in [0.3, 0.4) is 0 Å². The third-order valence-corrected chi connectivity index (χ3v) is 4.44. The largest absolute Gasteiger partial charge is 0.394 e. The maximum absolute atomic E-state index is 11.6. The maximum atomic E-state index is 11.6. The van der Waals surface area contributed by atoms with Crippen molar-refractivity contribution in [2.45, 2.75) is 12.5 Å². The minimum atomic E-state index is -3.25. The lowest BCUT2D eigenvalue weighted by atomic mass is 10.3. The van der Waals surface area contributed by atoms with Crippen LogP contribution in [0.2, 0.25) is 0 Å². The molecule has 0 spiro atoms. The molecule has 18 heavy (non-hydrogen) atoms. The van der Waals surface area contributed by atoms with Crippen molar-refractivity contribution in [3.05, 3.63) is 0 Å². The molecule has 1 unspecified atom stereocenters. The average Bonchev–Trinajstić information content (AvgIpc) is 2.35. The first-order valence-electron chi connectivity index (χ1n) is 5.86. The molecule has 0 radical (unpaired) electrons. The molecule has 0 aliphatic carbocycles. The molecule has 8 heteroatoms. The van der Waals surface area contributed by atoms with Crippen molar-refractivity contribution in [1.82, 2.24) is 4.90 Å². The zero-order valence-corrected chi connectivity index (χ0v) is 11.1. The predicted molar refractivity (Wildman–Crippen MR) is 65.7 cm³/mol. The number of nitrogens with two attached hydrogens (primary N) is 1. The average molecular weight is 280 g/mol. The summed E-state index contributed by atoms with van der Waals surface area (Å²) in [6, 6.07) is 0. The highest BCUT2D eigenvalue weighted by atomic mass is 32.2. The van der Waals surface area contributed by atoms with Crippen LogP contribution in [-0.2, 0) is 19.4 Å². The van der Waals surface area contributed by atoms with E-state index in [1.54, 1.807) is 0 Å². The van der Waals surface area contributed by atoms with Gasteiger partial charge in [0.1, 0.15) is 0 Å². The highest BCUT2D eigenvalue weighted by Crippen LogP contribution is 2.05. The van der Waals surface area contributed by atoms with E-state index in [9.17, 15) is 13.2 Å². The normalized spacial score (nSPS) is 21.9. The fraction of sp³-hybridized carbons (Fsp3) is 0.900. The Morgan fingerprint density at radius 2 is 2.17 bits per heavy atom. The number of nitrogens with zero attached hydrogens (tertiary/aromatic N) is 1. The van der Waals surface area contributed by atoms with Crippen LogP contribution < -0.4 is 5.73 Å². The number of primary amides is 1. The van der Waals surface area contributed by atoms with Gasteiger partial charge in [-0.05, 0) is 0 Å². The molecule has 7 nitrogen and oxygen atoms in total. The Morgan fingerprint density at radius 3 is 2.78 bits per heavy atom. The van der Waals surface area contributed by atoms with E-state index in [0.29, 0.717) is 26.2 Å². The summed E-state index contributed by atoms with van der Waals surface area (Å²) in [6.07, 6.45) is -0.378. The molecule has 1 fully saturated rings. The zero-order chi connectivity index (χ0) is 13.6. The Bertz CT molecular complexity index is 370. The molecule has 1 heterocycles. The van der Waals surface area contributed by atoms with Crippen LogP contribution in [0.15, 0.2) is 0 Å². The third kappa shape index (κ3) is 5.76. The first-order chi connectivity index (χ1) is 8.43. The quantitative estimate of drug-likeness (QED) is 0.556. The van der Waals surface area contributed by atoms with Crippen molar-refractivity contribution in [1.29, 1.82) is 0 Å². The molecule has 0 saturated carbocycles. The fourth-order valence-corrected chi connectivity index (χ4v) is 2.97. The van der Waals surface area contributed by atoms with Gasteiger partial charge in [-0.3, -0.25) is 9.69 Å². The smallest absolute Gasteiger partial charge is 0.218 e.